The Morgan fingerprint density at radius 3 is 2.29 bits per heavy atom. The van der Waals surface area contributed by atoms with Crippen molar-refractivity contribution in [3.05, 3.63) is 72.3 Å². The van der Waals surface area contributed by atoms with E-state index < -0.39 is 6.16 Å². The molecule has 28 heavy (non-hydrogen) atoms. The Hall–Kier alpha value is -3.12. The van der Waals surface area contributed by atoms with E-state index in [1.807, 2.05) is 66.7 Å². The minimum absolute atomic E-state index is 0.00136. The van der Waals surface area contributed by atoms with Gasteiger partial charge in [-0.25, -0.2) is 4.79 Å². The van der Waals surface area contributed by atoms with Crippen LogP contribution in [0.4, 0.5) is 10.5 Å². The SMILES string of the molecule is O=C(O)Oc1sc(-c2ccccc2)cc1N(Cc1ccccc1)C(=O)C1CC1. The fourth-order valence-corrected chi connectivity index (χ4v) is 4.06. The van der Waals surface area contributed by atoms with Crippen LogP contribution in [0.3, 0.4) is 0 Å². The molecule has 1 heterocycles. The molecule has 2 aromatic carbocycles. The first kappa shape index (κ1) is 18.3. The highest BCUT2D eigenvalue weighted by molar-refractivity contribution is 7.18. The number of amides is 1. The van der Waals surface area contributed by atoms with E-state index in [-0.39, 0.29) is 16.9 Å². The molecule has 0 spiro atoms. The van der Waals surface area contributed by atoms with Crippen molar-refractivity contribution in [1.82, 2.24) is 0 Å². The molecule has 5 nitrogen and oxygen atoms in total. The van der Waals surface area contributed by atoms with Gasteiger partial charge >= 0.3 is 6.16 Å². The molecule has 0 aliphatic heterocycles. The third-order valence-electron chi connectivity index (χ3n) is 4.58. The zero-order valence-corrected chi connectivity index (χ0v) is 15.9. The van der Waals surface area contributed by atoms with Crippen molar-refractivity contribution in [2.45, 2.75) is 19.4 Å². The summed E-state index contributed by atoms with van der Waals surface area (Å²) < 4.78 is 5.06. The molecule has 0 unspecified atom stereocenters. The zero-order chi connectivity index (χ0) is 19.5. The minimum atomic E-state index is -1.39. The van der Waals surface area contributed by atoms with Crippen molar-refractivity contribution in [3.63, 3.8) is 0 Å². The number of nitrogens with zero attached hydrogens (tertiary/aromatic N) is 1. The first-order valence-electron chi connectivity index (χ1n) is 9.07. The summed E-state index contributed by atoms with van der Waals surface area (Å²) >= 11 is 1.23. The normalized spacial score (nSPS) is 13.1. The largest absolute Gasteiger partial charge is 0.512 e. The predicted octanol–water partition coefficient (Wildman–Crippen LogP) is 5.42. The number of benzene rings is 2. The molecule has 0 atom stereocenters. The summed E-state index contributed by atoms with van der Waals surface area (Å²) in [5.41, 5.74) is 2.43. The number of hydrogen-bond donors (Lipinski definition) is 1. The number of thiophene rings is 1. The lowest BCUT2D eigenvalue weighted by Crippen LogP contribution is -2.31. The Morgan fingerprint density at radius 1 is 1.04 bits per heavy atom. The van der Waals surface area contributed by atoms with Crippen LogP contribution in [0.15, 0.2) is 66.7 Å². The van der Waals surface area contributed by atoms with Crippen LogP contribution in [-0.4, -0.2) is 17.2 Å². The molecule has 1 aliphatic rings. The van der Waals surface area contributed by atoms with Crippen molar-refractivity contribution < 1.29 is 19.4 Å². The Bertz CT molecular complexity index is 980. The van der Waals surface area contributed by atoms with Crippen LogP contribution < -0.4 is 9.64 Å². The molecule has 4 rings (SSSR count). The van der Waals surface area contributed by atoms with E-state index in [0.29, 0.717) is 12.2 Å². The molecule has 142 valence electrons. The second-order valence-corrected chi connectivity index (χ2v) is 7.72. The Kier molecular flexibility index (Phi) is 5.12. The van der Waals surface area contributed by atoms with Gasteiger partial charge in [0.15, 0.2) is 0 Å². The van der Waals surface area contributed by atoms with Gasteiger partial charge in [0, 0.05) is 10.8 Å². The van der Waals surface area contributed by atoms with Crippen LogP contribution in [0.5, 0.6) is 5.06 Å². The van der Waals surface area contributed by atoms with E-state index in [2.05, 4.69) is 0 Å². The standard InChI is InChI=1S/C22H19NO4S/c24-20(17-11-12-17)23(14-15-7-3-1-4-8-15)18-13-19(16-9-5-2-6-10-16)28-21(18)27-22(25)26/h1-10,13,17H,11-12,14H2,(H,25,26). The van der Waals surface area contributed by atoms with Gasteiger partial charge in [-0.3, -0.25) is 4.79 Å². The maximum absolute atomic E-state index is 13.0. The highest BCUT2D eigenvalue weighted by atomic mass is 32.1. The molecule has 1 aliphatic carbocycles. The lowest BCUT2D eigenvalue weighted by molar-refractivity contribution is -0.119. The maximum atomic E-state index is 13.0. The van der Waals surface area contributed by atoms with Gasteiger partial charge in [-0.1, -0.05) is 72.0 Å². The van der Waals surface area contributed by atoms with Crippen LogP contribution in [0.2, 0.25) is 0 Å². The minimum Gasteiger partial charge on any atom is -0.449 e. The van der Waals surface area contributed by atoms with Crippen LogP contribution in [0, 0.1) is 5.92 Å². The second kappa shape index (κ2) is 7.86. The third kappa shape index (κ3) is 4.07. The molecule has 1 aromatic heterocycles. The van der Waals surface area contributed by atoms with Gasteiger partial charge in [0.2, 0.25) is 11.0 Å². The summed E-state index contributed by atoms with van der Waals surface area (Å²) in [6, 6.07) is 21.2. The molecule has 3 aromatic rings. The fourth-order valence-electron chi connectivity index (χ4n) is 3.05. The fraction of sp³-hybridized carbons (Fsp3) is 0.182. The molecule has 1 N–H and O–H groups in total. The smallest absolute Gasteiger partial charge is 0.449 e. The number of carbonyl (C=O) groups is 2. The average Bonchev–Trinajstić information content (AvgIpc) is 3.48. The number of hydrogen-bond acceptors (Lipinski definition) is 4. The summed E-state index contributed by atoms with van der Waals surface area (Å²) in [6.07, 6.45) is 0.352. The van der Waals surface area contributed by atoms with Crippen molar-refractivity contribution in [2.75, 3.05) is 4.90 Å². The molecule has 0 radical (unpaired) electrons. The van der Waals surface area contributed by atoms with Crippen LogP contribution in [0.1, 0.15) is 18.4 Å². The van der Waals surface area contributed by atoms with Crippen molar-refractivity contribution in [2.24, 2.45) is 5.92 Å². The van der Waals surface area contributed by atoms with Crippen molar-refractivity contribution in [1.29, 1.82) is 0 Å². The molecular formula is C22H19NO4S. The van der Waals surface area contributed by atoms with Crippen molar-refractivity contribution >= 4 is 29.1 Å². The summed E-state index contributed by atoms with van der Waals surface area (Å²) in [4.78, 5) is 26.8. The number of carboxylic acid groups (broad SMARTS) is 1. The van der Waals surface area contributed by atoms with E-state index >= 15 is 0 Å². The zero-order valence-electron chi connectivity index (χ0n) is 15.1. The van der Waals surface area contributed by atoms with Gasteiger partial charge in [0.05, 0.1) is 12.2 Å². The molecule has 0 saturated heterocycles. The number of ether oxygens (including phenoxy) is 1. The Morgan fingerprint density at radius 2 is 1.68 bits per heavy atom. The first-order valence-corrected chi connectivity index (χ1v) is 9.89. The van der Waals surface area contributed by atoms with Gasteiger partial charge in [0.1, 0.15) is 0 Å². The molecule has 1 amide bonds. The lowest BCUT2D eigenvalue weighted by Gasteiger charge is -2.22. The summed E-state index contributed by atoms with van der Waals surface area (Å²) in [7, 11) is 0. The highest BCUT2D eigenvalue weighted by Crippen LogP contribution is 2.45. The number of carbonyl (C=O) groups excluding carboxylic acids is 1. The number of rotatable bonds is 6. The van der Waals surface area contributed by atoms with Gasteiger partial charge in [-0.2, -0.15) is 0 Å². The average molecular weight is 393 g/mol. The first-order chi connectivity index (χ1) is 13.6. The monoisotopic (exact) mass is 393 g/mol. The van der Waals surface area contributed by atoms with Gasteiger partial charge in [-0.05, 0) is 30.0 Å². The summed E-state index contributed by atoms with van der Waals surface area (Å²) in [5, 5.41) is 9.40. The quantitative estimate of drug-likeness (QED) is 0.568. The van der Waals surface area contributed by atoms with Gasteiger partial charge in [-0.15, -0.1) is 0 Å². The van der Waals surface area contributed by atoms with Crippen LogP contribution in [-0.2, 0) is 11.3 Å². The number of anilines is 1. The summed E-state index contributed by atoms with van der Waals surface area (Å²) in [6.45, 7) is 0.372. The molecule has 1 saturated carbocycles. The van der Waals surface area contributed by atoms with Crippen LogP contribution >= 0.6 is 11.3 Å². The molecule has 1 fully saturated rings. The van der Waals surface area contributed by atoms with Gasteiger partial charge < -0.3 is 14.7 Å². The Labute approximate surface area is 166 Å². The Balaban J connectivity index is 1.76. The summed E-state index contributed by atoms with van der Waals surface area (Å²) in [5.74, 6) is 0.0120. The van der Waals surface area contributed by atoms with E-state index in [0.717, 1.165) is 28.8 Å². The van der Waals surface area contributed by atoms with E-state index in [4.69, 9.17) is 4.74 Å². The third-order valence-corrected chi connectivity index (χ3v) is 5.64. The molecular weight excluding hydrogens is 374 g/mol. The van der Waals surface area contributed by atoms with Gasteiger partial charge in [0.25, 0.3) is 0 Å². The molecule has 0 bridgehead atoms. The topological polar surface area (TPSA) is 66.8 Å². The molecule has 6 heteroatoms. The van der Waals surface area contributed by atoms with Crippen LogP contribution in [0.25, 0.3) is 10.4 Å². The lowest BCUT2D eigenvalue weighted by atomic mass is 10.1. The predicted molar refractivity (Wildman–Crippen MR) is 109 cm³/mol. The van der Waals surface area contributed by atoms with E-state index in [1.165, 1.54) is 11.3 Å². The second-order valence-electron chi connectivity index (χ2n) is 6.70. The highest BCUT2D eigenvalue weighted by Gasteiger charge is 2.36. The van der Waals surface area contributed by atoms with E-state index in [1.54, 1.807) is 4.90 Å². The van der Waals surface area contributed by atoms with Crippen molar-refractivity contribution in [3.8, 4) is 15.5 Å². The maximum Gasteiger partial charge on any atom is 0.512 e. The van der Waals surface area contributed by atoms with E-state index in [9.17, 15) is 14.7 Å².